The summed E-state index contributed by atoms with van der Waals surface area (Å²) < 4.78 is 15.1. The van der Waals surface area contributed by atoms with Crippen molar-refractivity contribution in [2.24, 2.45) is 0 Å². The lowest BCUT2D eigenvalue weighted by molar-refractivity contribution is 0.666. The highest BCUT2D eigenvalue weighted by Crippen LogP contribution is 2.42. The number of rotatable bonds is 1. The van der Waals surface area contributed by atoms with E-state index in [-0.39, 0.29) is 0 Å². The standard InChI is InChI=1S/C30H17NO2/c1-4-12-23-22(10-1)28-24(17-16-21-19-9-3-6-15-27(19)33-30(21)28)31(23)25-13-7-11-20-18-8-2-5-14-26(18)32-29(20)25/h1-17H. The minimum atomic E-state index is 0.894. The smallest absolute Gasteiger partial charge is 0.159 e. The van der Waals surface area contributed by atoms with Gasteiger partial charge in [-0.1, -0.05) is 66.7 Å². The molecule has 0 saturated carbocycles. The van der Waals surface area contributed by atoms with Crippen molar-refractivity contribution in [1.82, 2.24) is 4.57 Å². The lowest BCUT2D eigenvalue weighted by Gasteiger charge is -2.08. The molecule has 0 aliphatic heterocycles. The second-order valence-corrected chi connectivity index (χ2v) is 8.54. The Morgan fingerprint density at radius 1 is 0.424 bits per heavy atom. The predicted molar refractivity (Wildman–Crippen MR) is 135 cm³/mol. The summed E-state index contributed by atoms with van der Waals surface area (Å²) in [7, 11) is 0. The molecule has 3 heterocycles. The zero-order chi connectivity index (χ0) is 21.5. The molecule has 0 bridgehead atoms. The van der Waals surface area contributed by atoms with Crippen LogP contribution in [0.25, 0.3) is 71.4 Å². The molecule has 0 atom stereocenters. The third-order valence-corrected chi connectivity index (χ3v) is 6.80. The number of furan rings is 2. The SMILES string of the molecule is c1ccc2c(c1)oc1c(-n3c4ccccc4c4c5oc6ccccc6c5ccc43)cccc12. The summed E-state index contributed by atoms with van der Waals surface area (Å²) in [5.41, 5.74) is 6.91. The first-order valence-electron chi connectivity index (χ1n) is 11.1. The van der Waals surface area contributed by atoms with Crippen LogP contribution < -0.4 is 0 Å². The Labute approximate surface area is 188 Å². The van der Waals surface area contributed by atoms with Crippen LogP contribution in [0, 0.1) is 0 Å². The highest BCUT2D eigenvalue weighted by atomic mass is 16.3. The number of hydrogen-bond donors (Lipinski definition) is 0. The molecule has 0 N–H and O–H groups in total. The quantitative estimate of drug-likeness (QED) is 0.265. The van der Waals surface area contributed by atoms with Crippen molar-refractivity contribution in [2.45, 2.75) is 0 Å². The lowest BCUT2D eigenvalue weighted by Crippen LogP contribution is -1.94. The molecule has 33 heavy (non-hydrogen) atoms. The van der Waals surface area contributed by atoms with E-state index in [1.807, 2.05) is 24.3 Å². The van der Waals surface area contributed by atoms with Crippen LogP contribution in [0.5, 0.6) is 0 Å². The summed E-state index contributed by atoms with van der Waals surface area (Å²) in [5.74, 6) is 0. The summed E-state index contributed by atoms with van der Waals surface area (Å²) >= 11 is 0. The molecule has 8 aromatic rings. The van der Waals surface area contributed by atoms with Crippen LogP contribution in [-0.4, -0.2) is 4.57 Å². The first-order valence-corrected chi connectivity index (χ1v) is 11.1. The predicted octanol–water partition coefficient (Wildman–Crippen LogP) is 8.58. The van der Waals surface area contributed by atoms with Crippen LogP contribution >= 0.6 is 0 Å². The van der Waals surface area contributed by atoms with E-state index in [1.165, 1.54) is 5.39 Å². The van der Waals surface area contributed by atoms with E-state index in [2.05, 4.69) is 83.4 Å². The van der Waals surface area contributed by atoms with Gasteiger partial charge < -0.3 is 13.4 Å². The molecular weight excluding hydrogens is 406 g/mol. The fraction of sp³-hybridized carbons (Fsp3) is 0. The molecule has 154 valence electrons. The van der Waals surface area contributed by atoms with Crippen LogP contribution in [0.15, 0.2) is 112 Å². The van der Waals surface area contributed by atoms with Gasteiger partial charge in [-0.25, -0.2) is 0 Å². The topological polar surface area (TPSA) is 31.2 Å². The first-order chi connectivity index (χ1) is 16.4. The first kappa shape index (κ1) is 17.1. The molecule has 0 unspecified atom stereocenters. The van der Waals surface area contributed by atoms with Gasteiger partial charge in [0, 0.05) is 26.9 Å². The van der Waals surface area contributed by atoms with Gasteiger partial charge in [0.05, 0.1) is 22.1 Å². The molecule has 0 aliphatic carbocycles. The second kappa shape index (κ2) is 6.05. The number of nitrogens with zero attached hydrogens (tertiary/aromatic N) is 1. The van der Waals surface area contributed by atoms with Gasteiger partial charge in [-0.3, -0.25) is 0 Å². The third kappa shape index (κ3) is 2.14. The summed E-state index contributed by atoms with van der Waals surface area (Å²) in [6, 6.07) is 35.8. The zero-order valence-corrected chi connectivity index (χ0v) is 17.6. The summed E-state index contributed by atoms with van der Waals surface area (Å²) in [5, 5.41) is 6.85. The maximum absolute atomic E-state index is 6.42. The van der Waals surface area contributed by atoms with Gasteiger partial charge >= 0.3 is 0 Å². The van der Waals surface area contributed by atoms with Crippen molar-refractivity contribution in [3.63, 3.8) is 0 Å². The second-order valence-electron chi connectivity index (χ2n) is 8.54. The molecule has 5 aromatic carbocycles. The summed E-state index contributed by atoms with van der Waals surface area (Å²) in [4.78, 5) is 0. The number of aromatic nitrogens is 1. The minimum Gasteiger partial charge on any atom is -0.455 e. The van der Waals surface area contributed by atoms with Crippen molar-refractivity contribution in [3.8, 4) is 5.69 Å². The molecular formula is C30H17NO2. The van der Waals surface area contributed by atoms with Crippen molar-refractivity contribution < 1.29 is 8.83 Å². The van der Waals surface area contributed by atoms with E-state index in [9.17, 15) is 0 Å². The molecule has 3 aromatic heterocycles. The molecule has 8 rings (SSSR count). The molecule has 0 aliphatic rings. The van der Waals surface area contributed by atoms with Crippen LogP contribution in [0.1, 0.15) is 0 Å². The van der Waals surface area contributed by atoms with E-state index >= 15 is 0 Å². The van der Waals surface area contributed by atoms with Crippen LogP contribution in [0.2, 0.25) is 0 Å². The van der Waals surface area contributed by atoms with Crippen LogP contribution in [0.4, 0.5) is 0 Å². The maximum Gasteiger partial charge on any atom is 0.159 e. The van der Waals surface area contributed by atoms with Gasteiger partial charge in [-0.2, -0.15) is 0 Å². The van der Waals surface area contributed by atoms with E-state index in [0.29, 0.717) is 0 Å². The van der Waals surface area contributed by atoms with E-state index < -0.39 is 0 Å². The van der Waals surface area contributed by atoms with Crippen molar-refractivity contribution in [3.05, 3.63) is 103 Å². The molecule has 0 spiro atoms. The van der Waals surface area contributed by atoms with Gasteiger partial charge in [-0.05, 0) is 36.4 Å². The van der Waals surface area contributed by atoms with Gasteiger partial charge in [0.1, 0.15) is 16.7 Å². The largest absolute Gasteiger partial charge is 0.455 e. The molecule has 0 radical (unpaired) electrons. The summed E-state index contributed by atoms with van der Waals surface area (Å²) in [6.07, 6.45) is 0. The monoisotopic (exact) mass is 423 g/mol. The minimum absolute atomic E-state index is 0.894. The normalized spacial score (nSPS) is 12.2. The van der Waals surface area contributed by atoms with E-state index in [4.69, 9.17) is 8.83 Å². The maximum atomic E-state index is 6.42. The van der Waals surface area contributed by atoms with E-state index in [0.717, 1.165) is 66.0 Å². The Morgan fingerprint density at radius 2 is 1.03 bits per heavy atom. The fourth-order valence-electron chi connectivity index (χ4n) is 5.40. The molecule has 3 heteroatoms. The average molecular weight is 423 g/mol. The highest BCUT2D eigenvalue weighted by molar-refractivity contribution is 6.24. The van der Waals surface area contributed by atoms with Gasteiger partial charge in [0.2, 0.25) is 0 Å². The Morgan fingerprint density at radius 3 is 1.82 bits per heavy atom. The molecule has 0 fully saturated rings. The van der Waals surface area contributed by atoms with Gasteiger partial charge in [0.15, 0.2) is 5.58 Å². The Bertz CT molecular complexity index is 2030. The Kier molecular flexibility index (Phi) is 3.14. The Balaban J connectivity index is 1.59. The molecule has 3 nitrogen and oxygen atoms in total. The number of hydrogen-bond acceptors (Lipinski definition) is 2. The summed E-state index contributed by atoms with van der Waals surface area (Å²) in [6.45, 7) is 0. The molecule has 0 saturated heterocycles. The van der Waals surface area contributed by atoms with Crippen LogP contribution in [0.3, 0.4) is 0 Å². The molecule has 0 amide bonds. The Hall–Kier alpha value is -4.50. The number of benzene rings is 5. The van der Waals surface area contributed by atoms with Crippen molar-refractivity contribution in [1.29, 1.82) is 0 Å². The van der Waals surface area contributed by atoms with Crippen LogP contribution in [-0.2, 0) is 0 Å². The fourth-order valence-corrected chi connectivity index (χ4v) is 5.40. The van der Waals surface area contributed by atoms with Gasteiger partial charge in [-0.15, -0.1) is 0 Å². The number of para-hydroxylation sites is 4. The zero-order valence-electron chi connectivity index (χ0n) is 17.6. The average Bonchev–Trinajstić information content (AvgIpc) is 3.53. The van der Waals surface area contributed by atoms with Crippen molar-refractivity contribution >= 4 is 65.7 Å². The number of fused-ring (bicyclic) bond motifs is 10. The van der Waals surface area contributed by atoms with E-state index in [1.54, 1.807) is 0 Å². The van der Waals surface area contributed by atoms with Gasteiger partial charge in [0.25, 0.3) is 0 Å². The lowest BCUT2D eigenvalue weighted by atomic mass is 10.1. The van der Waals surface area contributed by atoms with Crippen molar-refractivity contribution in [2.75, 3.05) is 0 Å². The third-order valence-electron chi connectivity index (χ3n) is 6.80. The highest BCUT2D eigenvalue weighted by Gasteiger charge is 2.20.